The van der Waals surface area contributed by atoms with Crippen LogP contribution in [0.1, 0.15) is 5.56 Å². The molecule has 0 radical (unpaired) electrons. The van der Waals surface area contributed by atoms with Crippen molar-refractivity contribution in [3.8, 4) is 0 Å². The van der Waals surface area contributed by atoms with Gasteiger partial charge in [-0.25, -0.2) is 12.2 Å². The first-order chi connectivity index (χ1) is 10.1. The Bertz CT molecular complexity index is 606. The van der Waals surface area contributed by atoms with Crippen LogP contribution in [0.5, 0.6) is 0 Å². The molecule has 0 saturated heterocycles. The number of benzene rings is 1. The van der Waals surface area contributed by atoms with Crippen molar-refractivity contribution in [3.63, 3.8) is 0 Å². The fourth-order valence-electron chi connectivity index (χ4n) is 1.65. The minimum absolute atomic E-state index is 0.0888. The third-order valence-electron chi connectivity index (χ3n) is 2.73. The van der Waals surface area contributed by atoms with Gasteiger partial charge in [0.15, 0.2) is 5.84 Å². The number of halogens is 1. The van der Waals surface area contributed by atoms with Gasteiger partial charge in [0, 0.05) is 16.7 Å². The van der Waals surface area contributed by atoms with Crippen molar-refractivity contribution in [3.05, 3.63) is 71.2 Å². The lowest BCUT2D eigenvalue weighted by molar-refractivity contribution is -0.140. The fraction of sp³-hybridized carbons (Fsp3) is 0.0667. The summed E-state index contributed by atoms with van der Waals surface area (Å²) in [6.45, 7) is 0. The van der Waals surface area contributed by atoms with E-state index in [1.807, 2.05) is 0 Å². The van der Waals surface area contributed by atoms with Crippen LogP contribution in [-0.4, -0.2) is 23.7 Å². The van der Waals surface area contributed by atoms with E-state index in [0.29, 0.717) is 22.3 Å². The highest BCUT2D eigenvalue weighted by Crippen LogP contribution is 2.21. The van der Waals surface area contributed by atoms with Gasteiger partial charge in [-0.05, 0) is 24.3 Å². The van der Waals surface area contributed by atoms with Crippen LogP contribution in [0, 0.1) is 12.5 Å². The molecule has 1 aliphatic carbocycles. The van der Waals surface area contributed by atoms with E-state index >= 15 is 0 Å². The van der Waals surface area contributed by atoms with Gasteiger partial charge in [-0.15, -0.1) is 0 Å². The number of nitrogens with two attached hydrogens (primary N) is 1. The average molecular weight is 306 g/mol. The molecule has 1 aromatic carbocycles. The molecule has 110 valence electrons. The average Bonchev–Trinajstić information content (AvgIpc) is 2.52. The highest BCUT2D eigenvalue weighted by atomic mass is 35.5. The lowest BCUT2D eigenvalue weighted by Gasteiger charge is -2.27. The summed E-state index contributed by atoms with van der Waals surface area (Å²) >= 11 is 5.78. The summed E-state index contributed by atoms with van der Waals surface area (Å²) in [6.07, 6.45) is 7.35. The normalized spacial score (nSPS) is 14.5. The number of carbonyl (C=O) groups excluding carboxylic acids is 1. The Morgan fingerprint density at radius 3 is 2.81 bits per heavy atom. The smallest absolute Gasteiger partial charge is 0.233 e. The number of allylic oxidation sites excluding steroid dienone is 2. The Morgan fingerprint density at radius 1 is 1.43 bits per heavy atom. The fourth-order valence-corrected chi connectivity index (χ4v) is 1.78. The van der Waals surface area contributed by atoms with Gasteiger partial charge in [0.2, 0.25) is 5.97 Å². The maximum absolute atomic E-state index is 11.9. The molecular weight excluding hydrogens is 292 g/mol. The lowest BCUT2D eigenvalue weighted by atomic mass is 10.0. The summed E-state index contributed by atoms with van der Waals surface area (Å²) in [5, 5.41) is 4.22. The zero-order chi connectivity index (χ0) is 15.2. The van der Waals surface area contributed by atoms with E-state index in [-0.39, 0.29) is 5.84 Å². The molecule has 0 aliphatic heterocycles. The summed E-state index contributed by atoms with van der Waals surface area (Å²) in [4.78, 5) is 16.8. The topological polar surface area (TPSA) is 77.5 Å². The Hall–Kier alpha value is -2.37. The number of rotatable bonds is 4. The first-order valence-electron chi connectivity index (χ1n) is 6.11. The second kappa shape index (κ2) is 6.88. The molecule has 0 spiro atoms. The first kappa shape index (κ1) is 15.0. The highest BCUT2D eigenvalue weighted by Gasteiger charge is 2.10. The second-order valence-electron chi connectivity index (χ2n) is 4.10. The van der Waals surface area contributed by atoms with E-state index in [1.165, 1.54) is 0 Å². The van der Waals surface area contributed by atoms with Crippen molar-refractivity contribution in [1.82, 2.24) is 0 Å². The van der Waals surface area contributed by atoms with Gasteiger partial charge in [-0.2, -0.15) is 6.08 Å². The van der Waals surface area contributed by atoms with Crippen LogP contribution in [0.3, 0.4) is 0 Å². The van der Waals surface area contributed by atoms with Crippen LogP contribution in [0.4, 0.5) is 0 Å². The molecule has 0 amide bonds. The van der Waals surface area contributed by atoms with Crippen LogP contribution in [-0.2, 0) is 9.63 Å². The summed E-state index contributed by atoms with van der Waals surface area (Å²) in [5.41, 5.74) is 6.69. The number of nitrogens with zero attached hydrogens (tertiary/aromatic N) is 1. The van der Waals surface area contributed by atoms with E-state index in [4.69, 9.17) is 22.2 Å². The zero-order valence-corrected chi connectivity index (χ0v) is 12.0. The molecule has 21 heavy (non-hydrogen) atoms. The molecule has 6 heteroatoms. The lowest BCUT2D eigenvalue weighted by Crippen LogP contribution is -2.19. The number of amidine groups is 1. The Kier molecular flexibility index (Phi) is 4.92. The molecule has 0 aromatic heterocycles. The predicted octanol–water partition coefficient (Wildman–Crippen LogP) is 1.89. The number of oxime groups is 1. The van der Waals surface area contributed by atoms with Gasteiger partial charge in [0.1, 0.15) is 7.11 Å². The Balaban J connectivity index is 2.04. The van der Waals surface area contributed by atoms with Crippen molar-refractivity contribution in [1.29, 1.82) is 0 Å². The summed E-state index contributed by atoms with van der Waals surface area (Å²) in [5.74, 6) is -0.529. The third-order valence-corrected chi connectivity index (χ3v) is 2.98. The standard InChI is InChI=1S/C15H14ClN2O3/c1-20-13-5-3-2-4-12(13)15(19)21-18-14(17)10-6-8-11(16)9-7-10/h2-9,20H,1H3,(H2,17,18)/q-1. The molecular formula is C15H14ClN2O3-. The van der Waals surface area contributed by atoms with Crippen LogP contribution in [0.2, 0.25) is 5.02 Å². The van der Waals surface area contributed by atoms with E-state index in [0.717, 1.165) is 0 Å². The summed E-state index contributed by atoms with van der Waals surface area (Å²) in [6, 6.07) is 6.72. The molecule has 3 N–H and O–H groups in total. The van der Waals surface area contributed by atoms with Crippen molar-refractivity contribution in [2.24, 2.45) is 10.9 Å². The first-order valence-corrected chi connectivity index (χ1v) is 6.49. The Morgan fingerprint density at radius 2 is 2.14 bits per heavy atom. The molecule has 0 bridgehead atoms. The van der Waals surface area contributed by atoms with Gasteiger partial charge in [-0.3, -0.25) is 6.42 Å². The highest BCUT2D eigenvalue weighted by molar-refractivity contribution is 6.30. The molecule has 0 atom stereocenters. The largest absolute Gasteiger partial charge is 0.459 e. The molecule has 1 aromatic rings. The minimum atomic E-state index is -0.617. The number of ether oxygens (including phenoxy) is 1. The van der Waals surface area contributed by atoms with Crippen molar-refractivity contribution < 1.29 is 14.4 Å². The number of aliphatic hydroxyl groups is 2. The maximum Gasteiger partial charge on any atom is 0.233 e. The van der Waals surface area contributed by atoms with E-state index in [1.54, 1.807) is 56.0 Å². The molecule has 0 unspecified atom stereocenters. The van der Waals surface area contributed by atoms with E-state index < -0.39 is 5.97 Å². The number of carbonyl (C=O) groups is 1. The van der Waals surface area contributed by atoms with E-state index in [9.17, 15) is 4.79 Å². The minimum Gasteiger partial charge on any atom is -0.459 e. The van der Waals surface area contributed by atoms with Gasteiger partial charge < -0.3 is 20.1 Å². The van der Waals surface area contributed by atoms with Gasteiger partial charge in [0.25, 0.3) is 0 Å². The molecule has 2 rings (SSSR count). The Labute approximate surface area is 127 Å². The number of hydrogen-bond acceptors (Lipinski definition) is 3. The van der Waals surface area contributed by atoms with Gasteiger partial charge in [0.05, 0.1) is 0 Å². The van der Waals surface area contributed by atoms with Crippen LogP contribution >= 0.6 is 11.6 Å². The van der Waals surface area contributed by atoms with Crippen LogP contribution < -0.4 is 5.73 Å². The number of hydrogen-bond donors (Lipinski definition) is 1. The zero-order valence-electron chi connectivity index (χ0n) is 11.3. The van der Waals surface area contributed by atoms with Crippen LogP contribution in [0.25, 0.3) is 0 Å². The molecule has 5 nitrogen and oxygen atoms in total. The molecule has 0 saturated carbocycles. The van der Waals surface area contributed by atoms with Crippen LogP contribution in [0.15, 0.2) is 53.2 Å². The van der Waals surface area contributed by atoms with Crippen molar-refractivity contribution in [2.45, 2.75) is 0 Å². The van der Waals surface area contributed by atoms with Gasteiger partial charge >= 0.3 is 0 Å². The second-order valence-corrected chi connectivity index (χ2v) is 4.54. The molecule has 0 heterocycles. The SMILES string of the molecule is C[OH+][C-]1C=C[CH-]C=C1C(=O)ON=C(N)c1ccc(Cl)cc1. The maximum atomic E-state index is 11.9. The molecule has 0 fully saturated rings. The monoisotopic (exact) mass is 305 g/mol. The third kappa shape index (κ3) is 3.81. The van der Waals surface area contributed by atoms with Crippen molar-refractivity contribution >= 4 is 23.4 Å². The quantitative estimate of drug-likeness (QED) is 0.230. The predicted molar refractivity (Wildman–Crippen MR) is 81.2 cm³/mol. The van der Waals surface area contributed by atoms with E-state index in [2.05, 4.69) is 9.89 Å². The summed E-state index contributed by atoms with van der Waals surface area (Å²) < 4.78 is 3.99. The molecule has 1 aliphatic rings. The van der Waals surface area contributed by atoms with Crippen molar-refractivity contribution in [2.75, 3.05) is 7.11 Å². The summed E-state index contributed by atoms with van der Waals surface area (Å²) in [7, 11) is 1.59. The van der Waals surface area contributed by atoms with Gasteiger partial charge in [-0.1, -0.05) is 22.3 Å².